The first-order valence-electron chi connectivity index (χ1n) is 14.7. The number of rotatable bonds is 6. The third-order valence-corrected chi connectivity index (χ3v) is 8.77. The molecule has 44 heavy (non-hydrogen) atoms. The van der Waals surface area contributed by atoms with Crippen LogP contribution in [0.2, 0.25) is 5.02 Å². The number of carboxylic acids is 2. The van der Waals surface area contributed by atoms with Gasteiger partial charge in [-0.15, -0.1) is 0 Å². The molecule has 0 atom stereocenters. The Kier molecular flexibility index (Phi) is 7.10. The first-order chi connectivity index (χ1) is 21.4. The summed E-state index contributed by atoms with van der Waals surface area (Å²) in [7, 11) is 0. The van der Waals surface area contributed by atoms with E-state index in [2.05, 4.69) is 10.6 Å². The van der Waals surface area contributed by atoms with Gasteiger partial charge in [-0.3, -0.25) is 0 Å². The molecule has 0 spiro atoms. The van der Waals surface area contributed by atoms with Crippen LogP contribution in [0.5, 0.6) is 0 Å². The molecule has 0 amide bonds. The van der Waals surface area contributed by atoms with Crippen LogP contribution in [0.4, 0.5) is 0 Å². The molecule has 2 heterocycles. The predicted octanol–water partition coefficient (Wildman–Crippen LogP) is 9.14. The Hall–Kier alpha value is -5.01. The lowest BCUT2D eigenvalue weighted by Gasteiger charge is -2.25. The topological polar surface area (TPSA) is 105 Å². The number of nitrogens with zero attached hydrogens (tertiary/aromatic N) is 3. The highest BCUT2D eigenvalue weighted by Crippen LogP contribution is 2.38. The molecule has 8 heteroatoms. The minimum atomic E-state index is -1.00. The molecule has 6 aromatic rings. The molecule has 4 aromatic carbocycles. The zero-order chi connectivity index (χ0) is 30.4. The maximum Gasteiger partial charge on any atom is 0.335 e. The van der Waals surface area contributed by atoms with Gasteiger partial charge in [0.2, 0.25) is 0 Å². The highest BCUT2D eigenvalue weighted by molar-refractivity contribution is 6.30. The number of benzene rings is 4. The molecule has 1 aliphatic carbocycles. The van der Waals surface area contributed by atoms with E-state index < -0.39 is 11.9 Å². The lowest BCUT2D eigenvalue weighted by Crippen LogP contribution is -2.14. The number of carbonyl (C=O) groups is 2. The van der Waals surface area contributed by atoms with Crippen molar-refractivity contribution in [3.63, 3.8) is 0 Å². The summed E-state index contributed by atoms with van der Waals surface area (Å²) < 4.78 is 2.29. The van der Waals surface area contributed by atoms with E-state index in [9.17, 15) is 19.8 Å². The Balaban J connectivity index is 1.34. The molecule has 1 saturated carbocycles. The first-order valence-corrected chi connectivity index (χ1v) is 15.0. The Bertz CT molecular complexity index is 2080. The summed E-state index contributed by atoms with van der Waals surface area (Å²) in [6, 6.07) is 27.9. The molecule has 7 rings (SSSR count). The van der Waals surface area contributed by atoms with Gasteiger partial charge < -0.3 is 14.8 Å². The Labute approximate surface area is 258 Å². The van der Waals surface area contributed by atoms with E-state index in [-0.39, 0.29) is 11.1 Å². The SMILES string of the molecule is O=C(O)c1ccc(-c2ccc(Cl)cc2)c(-c2ccc3cc(-c4nc5cc(C(=O)O)ccc5n4C4CCCCC4)ccc3n2)c1. The van der Waals surface area contributed by atoms with Crippen LogP contribution in [-0.2, 0) is 0 Å². The quantitative estimate of drug-likeness (QED) is 0.197. The molecular formula is C36H28ClN3O4. The number of hydrogen-bond donors (Lipinski definition) is 2. The van der Waals surface area contributed by atoms with Crippen LogP contribution in [0, 0.1) is 0 Å². The fraction of sp³-hybridized carbons (Fsp3) is 0.167. The van der Waals surface area contributed by atoms with Crippen molar-refractivity contribution >= 4 is 45.5 Å². The normalized spacial score (nSPS) is 13.8. The molecule has 1 aliphatic rings. The molecular weight excluding hydrogens is 574 g/mol. The van der Waals surface area contributed by atoms with E-state index in [0.29, 0.717) is 27.8 Å². The Morgan fingerprint density at radius 2 is 1.39 bits per heavy atom. The Morgan fingerprint density at radius 3 is 2.14 bits per heavy atom. The number of imidazole rings is 1. The fourth-order valence-electron chi connectivity index (χ4n) is 6.33. The van der Waals surface area contributed by atoms with Crippen molar-refractivity contribution in [3.05, 3.63) is 107 Å². The van der Waals surface area contributed by atoms with Crippen LogP contribution >= 0.6 is 11.6 Å². The summed E-state index contributed by atoms with van der Waals surface area (Å²) in [4.78, 5) is 33.4. The van der Waals surface area contributed by atoms with Gasteiger partial charge in [-0.05, 0) is 90.7 Å². The van der Waals surface area contributed by atoms with Crippen LogP contribution in [0.1, 0.15) is 58.9 Å². The highest BCUT2D eigenvalue weighted by Gasteiger charge is 2.23. The monoisotopic (exact) mass is 601 g/mol. The van der Waals surface area contributed by atoms with Gasteiger partial charge in [0.25, 0.3) is 0 Å². The van der Waals surface area contributed by atoms with Crippen LogP contribution in [-0.4, -0.2) is 36.7 Å². The van der Waals surface area contributed by atoms with Gasteiger partial charge in [-0.25, -0.2) is 19.6 Å². The number of halogens is 1. The molecule has 0 radical (unpaired) electrons. The van der Waals surface area contributed by atoms with Crippen molar-refractivity contribution in [2.24, 2.45) is 0 Å². The van der Waals surface area contributed by atoms with Crippen molar-refractivity contribution in [2.75, 3.05) is 0 Å². The number of aromatic carboxylic acids is 2. The third-order valence-electron chi connectivity index (χ3n) is 8.52. The summed E-state index contributed by atoms with van der Waals surface area (Å²) >= 11 is 6.12. The summed E-state index contributed by atoms with van der Waals surface area (Å²) in [5, 5.41) is 20.8. The zero-order valence-corrected chi connectivity index (χ0v) is 24.5. The van der Waals surface area contributed by atoms with Gasteiger partial charge in [0.1, 0.15) is 5.82 Å². The average Bonchev–Trinajstić information content (AvgIpc) is 3.44. The Morgan fingerprint density at radius 1 is 0.682 bits per heavy atom. The van der Waals surface area contributed by atoms with Crippen LogP contribution in [0.15, 0.2) is 91.0 Å². The average molecular weight is 602 g/mol. The second-order valence-corrected chi connectivity index (χ2v) is 11.7. The lowest BCUT2D eigenvalue weighted by molar-refractivity contribution is 0.0686. The molecule has 7 nitrogen and oxygen atoms in total. The van der Waals surface area contributed by atoms with E-state index in [1.54, 1.807) is 24.3 Å². The van der Waals surface area contributed by atoms with E-state index in [4.69, 9.17) is 21.6 Å². The standard InChI is InChI=1S/C36H28ClN3O4/c37-26-12-6-21(7-13-26)28-14-8-24(35(41)42)19-29(28)31-16-9-22-18-23(10-15-30(22)38-31)34-39-32-20-25(36(43)44)11-17-33(32)40(34)27-4-2-1-3-5-27/h6-20,27H,1-5H2,(H,41,42)(H,43,44). The molecule has 0 aliphatic heterocycles. The molecule has 1 fully saturated rings. The van der Waals surface area contributed by atoms with Crippen molar-refractivity contribution in [3.8, 4) is 33.8 Å². The minimum absolute atomic E-state index is 0.183. The van der Waals surface area contributed by atoms with E-state index in [1.807, 2.05) is 60.7 Å². The van der Waals surface area contributed by atoms with Crippen LogP contribution < -0.4 is 0 Å². The molecule has 0 bridgehead atoms. The fourth-order valence-corrected chi connectivity index (χ4v) is 6.46. The minimum Gasteiger partial charge on any atom is -0.478 e. The summed E-state index contributed by atoms with van der Waals surface area (Å²) in [5.41, 5.74) is 6.86. The molecule has 0 unspecified atom stereocenters. The van der Waals surface area contributed by atoms with E-state index >= 15 is 0 Å². The number of aromatic nitrogens is 3. The summed E-state index contributed by atoms with van der Waals surface area (Å²) in [5.74, 6) is -1.16. The predicted molar refractivity (Wildman–Crippen MR) is 172 cm³/mol. The van der Waals surface area contributed by atoms with E-state index in [0.717, 1.165) is 64.6 Å². The second kappa shape index (κ2) is 11.2. The molecule has 218 valence electrons. The number of carboxylic acid groups (broad SMARTS) is 2. The summed E-state index contributed by atoms with van der Waals surface area (Å²) in [6.45, 7) is 0. The molecule has 2 aromatic heterocycles. The van der Waals surface area contributed by atoms with Gasteiger partial charge in [-0.1, -0.05) is 55.1 Å². The van der Waals surface area contributed by atoms with Gasteiger partial charge in [-0.2, -0.15) is 0 Å². The lowest BCUT2D eigenvalue weighted by atomic mass is 9.94. The van der Waals surface area contributed by atoms with Crippen LogP contribution in [0.3, 0.4) is 0 Å². The van der Waals surface area contributed by atoms with E-state index in [1.165, 1.54) is 6.42 Å². The van der Waals surface area contributed by atoms with Crippen molar-refractivity contribution < 1.29 is 19.8 Å². The van der Waals surface area contributed by atoms with Gasteiger partial charge >= 0.3 is 11.9 Å². The summed E-state index contributed by atoms with van der Waals surface area (Å²) in [6.07, 6.45) is 5.65. The first kappa shape index (κ1) is 27.8. The largest absolute Gasteiger partial charge is 0.478 e. The van der Waals surface area contributed by atoms with Crippen molar-refractivity contribution in [2.45, 2.75) is 38.1 Å². The molecule has 0 saturated heterocycles. The number of fused-ring (bicyclic) bond motifs is 2. The van der Waals surface area contributed by atoms with Gasteiger partial charge in [0.05, 0.1) is 33.4 Å². The number of hydrogen-bond acceptors (Lipinski definition) is 4. The van der Waals surface area contributed by atoms with Gasteiger partial charge in [0, 0.05) is 27.6 Å². The smallest absolute Gasteiger partial charge is 0.335 e. The van der Waals surface area contributed by atoms with Gasteiger partial charge in [0.15, 0.2) is 0 Å². The second-order valence-electron chi connectivity index (χ2n) is 11.3. The highest BCUT2D eigenvalue weighted by atomic mass is 35.5. The molecule has 2 N–H and O–H groups in total. The van der Waals surface area contributed by atoms with Crippen molar-refractivity contribution in [1.29, 1.82) is 0 Å². The maximum atomic E-state index is 11.8. The zero-order valence-electron chi connectivity index (χ0n) is 23.7. The van der Waals surface area contributed by atoms with Crippen LogP contribution in [0.25, 0.3) is 55.7 Å². The van der Waals surface area contributed by atoms with Crippen molar-refractivity contribution in [1.82, 2.24) is 14.5 Å². The maximum absolute atomic E-state index is 11.8. The third kappa shape index (κ3) is 5.09. The number of pyridine rings is 1.